The number of carbonyl (C=O) groups excluding carboxylic acids is 2. The van der Waals surface area contributed by atoms with Crippen LogP contribution in [-0.4, -0.2) is 66.8 Å². The predicted molar refractivity (Wildman–Crippen MR) is 166 cm³/mol. The van der Waals surface area contributed by atoms with Crippen LogP contribution in [-0.2, 0) is 23.5 Å². The second kappa shape index (κ2) is 14.2. The van der Waals surface area contributed by atoms with Gasteiger partial charge in [0.1, 0.15) is 17.7 Å². The Bertz CT molecular complexity index is 884. The van der Waals surface area contributed by atoms with Gasteiger partial charge in [-0.05, 0) is 95.2 Å². The molecule has 0 bridgehead atoms. The molecule has 1 aliphatic heterocycles. The molecule has 1 rings (SSSR count). The van der Waals surface area contributed by atoms with Crippen molar-refractivity contribution in [3.8, 4) is 0 Å². The van der Waals surface area contributed by atoms with Gasteiger partial charge < -0.3 is 19.0 Å². The van der Waals surface area contributed by atoms with Gasteiger partial charge >= 0.3 is 18.0 Å². The van der Waals surface area contributed by atoms with E-state index >= 15 is 0 Å². The Morgan fingerprint density at radius 1 is 0.927 bits per heavy atom. The fourth-order valence-corrected chi connectivity index (χ4v) is 6.64. The lowest BCUT2D eigenvalue weighted by Crippen LogP contribution is -2.47. The summed E-state index contributed by atoms with van der Waals surface area (Å²) in [5.74, 6) is -1.78. The van der Waals surface area contributed by atoms with E-state index in [9.17, 15) is 19.5 Å². The number of likely N-dealkylation sites (tertiary alicyclic amines) is 1. The summed E-state index contributed by atoms with van der Waals surface area (Å²) in [5, 5.41) is 9.82. The molecule has 6 atom stereocenters. The van der Waals surface area contributed by atoms with E-state index in [2.05, 4.69) is 68.5 Å². The van der Waals surface area contributed by atoms with Crippen molar-refractivity contribution in [2.45, 2.75) is 157 Å². The molecule has 0 aromatic heterocycles. The SMILES string of the molecule is C[C@@H](C[C@H](O[Si](C)(C)C(C)(C)C)[C@H](C)C(=O)O)C[C@H](OC(=O)[C@@H]1CCCN1C(=O)OC(C)(C)C)[C@@H](C)CC(C)(C)C. The molecule has 8 nitrogen and oxygen atoms in total. The number of hydrogen-bond acceptors (Lipinski definition) is 6. The molecule has 0 aliphatic carbocycles. The first-order valence-corrected chi connectivity index (χ1v) is 18.4. The third-order valence-electron chi connectivity index (χ3n) is 8.46. The van der Waals surface area contributed by atoms with E-state index in [0.717, 1.165) is 12.8 Å². The Kier molecular flexibility index (Phi) is 13.0. The number of carboxylic acids is 1. The van der Waals surface area contributed by atoms with Crippen LogP contribution in [0.4, 0.5) is 4.79 Å². The third kappa shape index (κ3) is 12.3. The lowest BCUT2D eigenvalue weighted by atomic mass is 9.80. The first-order chi connectivity index (χ1) is 18.3. The highest BCUT2D eigenvalue weighted by Gasteiger charge is 2.43. The van der Waals surface area contributed by atoms with Gasteiger partial charge in [-0.15, -0.1) is 0 Å². The first kappa shape index (κ1) is 37.4. The molecule has 1 N–H and O–H groups in total. The monoisotopic (exact) mass is 599 g/mol. The van der Waals surface area contributed by atoms with Gasteiger partial charge in [0.2, 0.25) is 0 Å². The highest BCUT2D eigenvalue weighted by atomic mass is 28.4. The zero-order chi connectivity index (χ0) is 32.1. The number of aliphatic carboxylic acids is 1. The van der Waals surface area contributed by atoms with Crippen molar-refractivity contribution in [2.75, 3.05) is 6.54 Å². The second-order valence-electron chi connectivity index (χ2n) is 16.2. The maximum atomic E-state index is 13.5. The summed E-state index contributed by atoms with van der Waals surface area (Å²) < 4.78 is 18.4. The van der Waals surface area contributed by atoms with Crippen molar-refractivity contribution in [2.24, 2.45) is 23.2 Å². The minimum Gasteiger partial charge on any atom is -0.481 e. The normalized spacial score (nSPS) is 20.6. The maximum absolute atomic E-state index is 13.5. The molecule has 0 spiro atoms. The fourth-order valence-electron chi connectivity index (χ4n) is 5.23. The molecule has 9 heteroatoms. The van der Waals surface area contributed by atoms with Gasteiger partial charge in [0.15, 0.2) is 8.32 Å². The third-order valence-corrected chi connectivity index (χ3v) is 13.0. The van der Waals surface area contributed by atoms with Gasteiger partial charge in [0.25, 0.3) is 0 Å². The lowest BCUT2D eigenvalue weighted by Gasteiger charge is -2.41. The van der Waals surface area contributed by atoms with Gasteiger partial charge in [0.05, 0.1) is 12.0 Å². The Labute approximate surface area is 251 Å². The van der Waals surface area contributed by atoms with Crippen LogP contribution < -0.4 is 0 Å². The molecular formula is C32H61NO7Si. The van der Waals surface area contributed by atoms with Crippen LogP contribution in [0, 0.1) is 23.2 Å². The number of carbonyl (C=O) groups is 3. The van der Waals surface area contributed by atoms with E-state index in [1.54, 1.807) is 6.92 Å². The number of amides is 1. The Morgan fingerprint density at radius 2 is 1.46 bits per heavy atom. The number of ether oxygens (including phenoxy) is 2. The number of carboxylic acid groups (broad SMARTS) is 1. The van der Waals surface area contributed by atoms with E-state index in [1.807, 2.05) is 20.8 Å². The number of esters is 1. The van der Waals surface area contributed by atoms with Crippen LogP contribution in [0.5, 0.6) is 0 Å². The summed E-state index contributed by atoms with van der Waals surface area (Å²) in [7, 11) is -2.21. The lowest BCUT2D eigenvalue weighted by molar-refractivity contribution is -0.158. The van der Waals surface area contributed by atoms with Crippen molar-refractivity contribution in [3.05, 3.63) is 0 Å². The minimum atomic E-state index is -2.21. The van der Waals surface area contributed by atoms with Crippen LogP contribution in [0.25, 0.3) is 0 Å². The zero-order valence-electron chi connectivity index (χ0n) is 28.6. The summed E-state index contributed by atoms with van der Waals surface area (Å²) in [6, 6.07) is -0.661. The molecular weight excluding hydrogens is 538 g/mol. The highest BCUT2D eigenvalue weighted by Crippen LogP contribution is 2.40. The summed E-state index contributed by atoms with van der Waals surface area (Å²) in [6.45, 7) is 29.1. The number of hydrogen-bond donors (Lipinski definition) is 1. The Balaban J connectivity index is 3.16. The fraction of sp³-hybridized carbons (Fsp3) is 0.906. The molecule has 1 fully saturated rings. The molecule has 0 saturated carbocycles. The average Bonchev–Trinajstić information content (AvgIpc) is 3.24. The van der Waals surface area contributed by atoms with Crippen LogP contribution in [0.15, 0.2) is 0 Å². The molecule has 1 aliphatic rings. The topological polar surface area (TPSA) is 102 Å². The summed E-state index contributed by atoms with van der Waals surface area (Å²) in [5.41, 5.74) is -0.613. The minimum absolute atomic E-state index is 0.0367. The van der Waals surface area contributed by atoms with Crippen molar-refractivity contribution in [1.82, 2.24) is 4.90 Å². The van der Waals surface area contributed by atoms with Gasteiger partial charge in [-0.3, -0.25) is 9.69 Å². The van der Waals surface area contributed by atoms with Crippen molar-refractivity contribution in [1.29, 1.82) is 0 Å². The summed E-state index contributed by atoms with van der Waals surface area (Å²) in [6.07, 6.45) is 1.98. The molecule has 0 unspecified atom stereocenters. The quantitative estimate of drug-likeness (QED) is 0.180. The standard InChI is InChI=1S/C32H61NO7Si/c1-21(19-26(23(3)27(34)35)40-41(13,14)32(10,11)12)18-25(22(2)20-30(4,5)6)38-28(36)24-16-15-17-33(24)29(37)39-31(7,8)9/h21-26H,15-20H2,1-14H3,(H,34,35)/t21-,22+,23+,24+,25+,26+/m1/s1. The second-order valence-corrected chi connectivity index (χ2v) is 20.9. The zero-order valence-corrected chi connectivity index (χ0v) is 29.6. The molecule has 41 heavy (non-hydrogen) atoms. The van der Waals surface area contributed by atoms with Crippen molar-refractivity contribution >= 4 is 26.3 Å². The van der Waals surface area contributed by atoms with Gasteiger partial charge in [-0.2, -0.15) is 0 Å². The number of rotatable bonds is 12. The Hall–Kier alpha value is -1.61. The molecule has 240 valence electrons. The van der Waals surface area contributed by atoms with Crippen molar-refractivity contribution in [3.63, 3.8) is 0 Å². The maximum Gasteiger partial charge on any atom is 0.411 e. The van der Waals surface area contributed by atoms with E-state index in [-0.39, 0.29) is 34.4 Å². The smallest absolute Gasteiger partial charge is 0.411 e. The predicted octanol–water partition coefficient (Wildman–Crippen LogP) is 7.90. The number of nitrogens with zero attached hydrogens (tertiary/aromatic N) is 1. The Morgan fingerprint density at radius 3 is 1.93 bits per heavy atom. The van der Waals surface area contributed by atoms with E-state index in [4.69, 9.17) is 13.9 Å². The summed E-state index contributed by atoms with van der Waals surface area (Å²) in [4.78, 5) is 39.9. The van der Waals surface area contributed by atoms with Crippen LogP contribution >= 0.6 is 0 Å². The molecule has 0 radical (unpaired) electrons. The molecule has 1 saturated heterocycles. The highest BCUT2D eigenvalue weighted by molar-refractivity contribution is 6.74. The van der Waals surface area contributed by atoms with E-state index < -0.39 is 44.0 Å². The molecule has 1 amide bonds. The first-order valence-electron chi connectivity index (χ1n) is 15.5. The van der Waals surface area contributed by atoms with Crippen LogP contribution in [0.1, 0.15) is 115 Å². The van der Waals surface area contributed by atoms with Crippen molar-refractivity contribution < 1.29 is 33.4 Å². The molecule has 0 aromatic rings. The molecule has 1 heterocycles. The van der Waals surface area contributed by atoms with E-state index in [1.165, 1.54) is 4.90 Å². The average molecular weight is 600 g/mol. The van der Waals surface area contributed by atoms with Gasteiger partial charge in [-0.25, -0.2) is 9.59 Å². The van der Waals surface area contributed by atoms with Crippen LogP contribution in [0.2, 0.25) is 18.1 Å². The van der Waals surface area contributed by atoms with Gasteiger partial charge in [0, 0.05) is 6.54 Å². The summed E-state index contributed by atoms with van der Waals surface area (Å²) >= 11 is 0. The largest absolute Gasteiger partial charge is 0.481 e. The molecule has 0 aromatic carbocycles. The van der Waals surface area contributed by atoms with E-state index in [0.29, 0.717) is 25.8 Å². The van der Waals surface area contributed by atoms with Gasteiger partial charge in [-0.1, -0.05) is 55.4 Å². The van der Waals surface area contributed by atoms with Crippen LogP contribution in [0.3, 0.4) is 0 Å².